The summed E-state index contributed by atoms with van der Waals surface area (Å²) in [5.41, 5.74) is 0. The van der Waals surface area contributed by atoms with Gasteiger partial charge in [0, 0.05) is 14.2 Å². The molecule has 12 nitrogen and oxygen atoms in total. The van der Waals surface area contributed by atoms with E-state index in [0.717, 1.165) is 0 Å². The molecule has 314 valence electrons. The van der Waals surface area contributed by atoms with Crippen LogP contribution in [0.15, 0.2) is 0 Å². The van der Waals surface area contributed by atoms with Crippen molar-refractivity contribution >= 4 is 28.3 Å². The summed E-state index contributed by atoms with van der Waals surface area (Å²) in [6.07, 6.45) is 0. The second kappa shape index (κ2) is 32.0. The summed E-state index contributed by atoms with van der Waals surface area (Å²) in [5.74, 6) is 0. The van der Waals surface area contributed by atoms with Gasteiger partial charge in [0.25, 0.3) is 0 Å². The summed E-state index contributed by atoms with van der Waals surface area (Å²) in [6.45, 7) is 12.0. The van der Waals surface area contributed by atoms with Gasteiger partial charge in [-0.05, 0) is 0 Å². The first-order valence-electron chi connectivity index (χ1n) is 14.7. The van der Waals surface area contributed by atoms with Crippen LogP contribution in [0, 0.1) is 0 Å². The molecular weight excluding hydrogens is 872 g/mol. The molecule has 0 rings (SSSR count). The van der Waals surface area contributed by atoms with Crippen molar-refractivity contribution in [3.05, 3.63) is 0 Å². The maximum atomic E-state index is 9.91. The van der Waals surface area contributed by atoms with Crippen LogP contribution in [-0.2, 0) is 56.8 Å². The molecule has 52 heavy (non-hydrogen) atoms. The number of hydrogen-bond acceptors (Lipinski definition) is 12. The molecule has 0 aliphatic rings. The van der Waals surface area contributed by atoms with Gasteiger partial charge in [-0.1, -0.05) is 0 Å². The molecule has 0 unspecified atom stereocenters. The Morgan fingerprint density at radius 2 is 0.308 bits per heavy atom. The molecule has 0 aliphatic carbocycles. The minimum atomic E-state index is -11.1. The third-order valence-corrected chi connectivity index (χ3v) is 4.21. The molecule has 0 saturated heterocycles. The zero-order valence-corrected chi connectivity index (χ0v) is 33.6. The number of rotatable bonds is 33. The van der Waals surface area contributed by atoms with Gasteiger partial charge in [-0.15, -0.1) is 0 Å². The standard InChI is InChI=1S/C24H50O12.2AsF6.2Li/c1-25-3-5-27-7-9-29-11-13-31-15-17-33-19-21-35-23-24-36-22-20-34-18-16-32-14-12-30-10-8-28-6-4-26-2;2*2-1(3,4,5,6)7;;/h3-24H2,1-2H3;;;;/q;2*-1;2*+1. The quantitative estimate of drug-likeness (QED) is 0.0446. The molecule has 0 aromatic rings. The third kappa shape index (κ3) is 110. The predicted molar refractivity (Wildman–Crippen MR) is 157 cm³/mol. The van der Waals surface area contributed by atoms with Crippen LogP contribution in [0.1, 0.15) is 0 Å². The Morgan fingerprint density at radius 3 is 0.385 bits per heavy atom. The summed E-state index contributed by atoms with van der Waals surface area (Å²) >= 11 is -22.1. The van der Waals surface area contributed by atoms with Crippen molar-refractivity contribution in [1.29, 1.82) is 0 Å². The van der Waals surface area contributed by atoms with Gasteiger partial charge >= 0.3 is 108 Å². The second-order valence-electron chi connectivity index (χ2n) is 9.03. The Morgan fingerprint density at radius 1 is 0.231 bits per heavy atom. The van der Waals surface area contributed by atoms with Crippen LogP contribution in [-0.4, -0.2) is 188 Å². The number of ether oxygens (including phenoxy) is 12. The van der Waals surface area contributed by atoms with E-state index in [4.69, 9.17) is 56.8 Å². The molecule has 0 bridgehead atoms. The number of methoxy groups -OCH3 is 2. The van der Waals surface area contributed by atoms with Crippen molar-refractivity contribution in [3.63, 3.8) is 0 Å². The molecule has 28 heteroatoms. The summed E-state index contributed by atoms with van der Waals surface area (Å²) in [4.78, 5) is 0. The van der Waals surface area contributed by atoms with E-state index in [0.29, 0.717) is 145 Å². The van der Waals surface area contributed by atoms with E-state index in [-0.39, 0.29) is 37.7 Å². The molecular formula is C24H50As2F12Li2O12. The summed E-state index contributed by atoms with van der Waals surface area (Å²) in [7, 11) is 3.29. The van der Waals surface area contributed by atoms with Crippen LogP contribution in [0.5, 0.6) is 0 Å². The molecule has 0 aromatic carbocycles. The first-order chi connectivity index (χ1) is 22.8. The van der Waals surface area contributed by atoms with Crippen molar-refractivity contribution in [2.45, 2.75) is 0 Å². The van der Waals surface area contributed by atoms with Gasteiger partial charge in [0.05, 0.1) is 145 Å². The minimum Gasteiger partial charge on any atom is 1.00 e. The molecule has 0 saturated carbocycles. The van der Waals surface area contributed by atoms with Crippen LogP contribution in [0.25, 0.3) is 0 Å². The van der Waals surface area contributed by atoms with Crippen LogP contribution in [0.4, 0.5) is 41.6 Å². The van der Waals surface area contributed by atoms with Gasteiger partial charge < -0.3 is 56.8 Å². The second-order valence-corrected chi connectivity index (χ2v) is 17.1. The van der Waals surface area contributed by atoms with Crippen LogP contribution >= 0.6 is 0 Å². The number of halogens is 12. The average molecular weight is 922 g/mol. The topological polar surface area (TPSA) is 111 Å². The zero-order valence-electron chi connectivity index (χ0n) is 29.9. The molecule has 0 spiro atoms. The Bertz CT molecular complexity index is 683. The summed E-state index contributed by atoms with van der Waals surface area (Å²) < 4.78 is 183. The largest absolute Gasteiger partial charge is 1.00 e. The molecule has 0 aromatic heterocycles. The van der Waals surface area contributed by atoms with Crippen molar-refractivity contribution in [1.82, 2.24) is 0 Å². The van der Waals surface area contributed by atoms with Crippen molar-refractivity contribution in [2.24, 2.45) is 0 Å². The molecule has 0 atom stereocenters. The smallest absolute Gasteiger partial charge is 1.00 e. The van der Waals surface area contributed by atoms with Gasteiger partial charge in [-0.25, -0.2) is 0 Å². The Hall–Kier alpha value is 0.992. The van der Waals surface area contributed by atoms with E-state index in [2.05, 4.69) is 0 Å². The van der Waals surface area contributed by atoms with Crippen LogP contribution in [0.3, 0.4) is 0 Å². The van der Waals surface area contributed by atoms with E-state index < -0.39 is 28.3 Å². The molecule has 0 heterocycles. The van der Waals surface area contributed by atoms with Crippen LogP contribution in [0.2, 0.25) is 0 Å². The van der Waals surface area contributed by atoms with Gasteiger partial charge in [0.1, 0.15) is 0 Å². The molecule has 0 aliphatic heterocycles. The van der Waals surface area contributed by atoms with E-state index in [1.165, 1.54) is 0 Å². The number of hydrogen-bond donors (Lipinski definition) is 0. The molecule has 0 fully saturated rings. The molecule has 0 amide bonds. The van der Waals surface area contributed by atoms with Gasteiger partial charge in [0.2, 0.25) is 0 Å². The molecule has 0 N–H and O–H groups in total. The van der Waals surface area contributed by atoms with Crippen molar-refractivity contribution < 1.29 is 136 Å². The van der Waals surface area contributed by atoms with Gasteiger partial charge in [-0.3, -0.25) is 0 Å². The fourth-order valence-corrected chi connectivity index (χ4v) is 2.37. The monoisotopic (exact) mass is 922 g/mol. The summed E-state index contributed by atoms with van der Waals surface area (Å²) in [6, 6.07) is 0. The van der Waals surface area contributed by atoms with Gasteiger partial charge in [-0.2, -0.15) is 0 Å². The maximum absolute atomic E-state index is 11.1. The van der Waals surface area contributed by atoms with E-state index in [1.807, 2.05) is 0 Å². The molecule has 0 radical (unpaired) electrons. The fourth-order valence-electron chi connectivity index (χ4n) is 2.37. The fraction of sp³-hybridized carbons (Fsp3) is 1.00. The average Bonchev–Trinajstić information content (AvgIpc) is 2.94. The van der Waals surface area contributed by atoms with Crippen LogP contribution < -0.4 is 37.7 Å². The minimum absolute atomic E-state index is 0. The Kier molecular flexibility index (Phi) is 38.3. The van der Waals surface area contributed by atoms with Crippen molar-refractivity contribution in [3.8, 4) is 0 Å². The van der Waals surface area contributed by atoms with Crippen molar-refractivity contribution in [2.75, 3.05) is 160 Å². The third-order valence-electron chi connectivity index (χ3n) is 4.21. The Labute approximate surface area is 322 Å². The maximum Gasteiger partial charge on any atom is 1.00 e. The predicted octanol–water partition coefficient (Wildman–Crippen LogP) is -1.27. The van der Waals surface area contributed by atoms with Gasteiger partial charge in [0.15, 0.2) is 0 Å². The zero-order chi connectivity index (χ0) is 38.9. The first kappa shape index (κ1) is 62.2. The SMILES string of the molecule is COCCOCCOCCOCCOCCOCCOCCOCCOCCOCCOCCOC.F[As-](F)(F)(F)(F)F.F[As-](F)(F)(F)(F)F.[Li+].[Li+]. The first-order valence-corrected chi connectivity index (χ1v) is 23.2. The van der Waals surface area contributed by atoms with E-state index >= 15 is 0 Å². The summed E-state index contributed by atoms with van der Waals surface area (Å²) in [5, 5.41) is 0. The van der Waals surface area contributed by atoms with E-state index in [9.17, 15) is 41.6 Å². The van der Waals surface area contributed by atoms with E-state index in [1.54, 1.807) is 14.2 Å². The normalized spacial score (nSPS) is 14.2. The Balaban J connectivity index is -0.000000384.